The topological polar surface area (TPSA) is 145 Å². The van der Waals surface area contributed by atoms with Gasteiger partial charge in [-0.15, -0.1) is 0 Å². The van der Waals surface area contributed by atoms with Crippen molar-refractivity contribution in [2.45, 2.75) is 113 Å². The van der Waals surface area contributed by atoms with E-state index in [2.05, 4.69) is 29.5 Å². The Morgan fingerprint density at radius 3 is 2.50 bits per heavy atom. The van der Waals surface area contributed by atoms with Crippen LogP contribution in [0.4, 0.5) is 0 Å². The number of hydrogen-bond donors (Lipinski definition) is 6. The highest BCUT2D eigenvalue weighted by Gasteiger charge is 2.42. The minimum absolute atomic E-state index is 0.0345. The lowest BCUT2D eigenvalue weighted by atomic mass is 9.77. The molecule has 8 N–H and O–H groups in total. The number of nitrogens with two attached hydrogens (primary N) is 2. The van der Waals surface area contributed by atoms with Gasteiger partial charge in [0.25, 0.3) is 0 Å². The number of aliphatic hydroxyl groups excluding tert-OH is 1. The van der Waals surface area contributed by atoms with E-state index in [1.165, 1.54) is 0 Å². The van der Waals surface area contributed by atoms with E-state index >= 15 is 0 Å². The van der Waals surface area contributed by atoms with Crippen molar-refractivity contribution in [3.8, 4) is 0 Å². The van der Waals surface area contributed by atoms with E-state index in [4.69, 9.17) is 38.3 Å². The molecule has 12 atom stereocenters. The van der Waals surface area contributed by atoms with E-state index in [9.17, 15) is 5.11 Å². The Bertz CT molecular complexity index is 691. The average Bonchev–Trinajstić information content (AvgIpc) is 2.84. The third kappa shape index (κ3) is 7.88. The van der Waals surface area contributed by atoms with Crippen molar-refractivity contribution in [2.75, 3.05) is 27.2 Å². The second-order valence-electron chi connectivity index (χ2n) is 10.8. The maximum atomic E-state index is 10.2. The summed E-state index contributed by atoms with van der Waals surface area (Å²) in [6.07, 6.45) is 1.42. The van der Waals surface area contributed by atoms with E-state index in [0.29, 0.717) is 19.3 Å². The molecule has 0 aromatic carbocycles. The zero-order chi connectivity index (χ0) is 26.4. The lowest BCUT2D eigenvalue weighted by Gasteiger charge is -2.45. The molecule has 3 aliphatic rings. The van der Waals surface area contributed by atoms with Gasteiger partial charge >= 0.3 is 0 Å². The Kier molecular flexibility index (Phi) is 11.5. The fraction of sp³-hybridized carbons (Fsp3) is 0.920. The lowest BCUT2D eigenvalue weighted by Crippen LogP contribution is -2.59. The van der Waals surface area contributed by atoms with E-state index in [1.807, 2.05) is 21.0 Å². The third-order valence-electron chi connectivity index (χ3n) is 7.93. The summed E-state index contributed by atoms with van der Waals surface area (Å²) < 4.78 is 24.9. The third-order valence-corrected chi connectivity index (χ3v) is 7.93. The van der Waals surface area contributed by atoms with Crippen molar-refractivity contribution in [3.63, 3.8) is 0 Å². The highest BCUT2D eigenvalue weighted by atomic mass is 16.7. The molecule has 12 unspecified atom stereocenters. The van der Waals surface area contributed by atoms with Crippen LogP contribution >= 0.6 is 0 Å². The Morgan fingerprint density at radius 1 is 1.08 bits per heavy atom. The van der Waals surface area contributed by atoms with Gasteiger partial charge in [0.15, 0.2) is 12.6 Å². The van der Waals surface area contributed by atoms with E-state index < -0.39 is 18.7 Å². The Balaban J connectivity index is 1.70. The predicted molar refractivity (Wildman–Crippen MR) is 140 cm³/mol. The summed E-state index contributed by atoms with van der Waals surface area (Å²) in [6, 6.07) is -0.624. The highest BCUT2D eigenvalue weighted by molar-refractivity contribution is 6.11. The molecule has 2 saturated heterocycles. The molecule has 3 fully saturated rings. The molecule has 0 bridgehead atoms. The van der Waals surface area contributed by atoms with Crippen molar-refractivity contribution < 1.29 is 24.1 Å². The van der Waals surface area contributed by atoms with Crippen LogP contribution in [-0.4, -0.2) is 101 Å². The quantitative estimate of drug-likeness (QED) is 0.206. The van der Waals surface area contributed by atoms with Crippen LogP contribution < -0.4 is 27.4 Å². The minimum Gasteiger partial charge on any atom is -0.389 e. The molecule has 1 aliphatic carbocycles. The maximum Gasteiger partial charge on any atom is 0.173 e. The minimum atomic E-state index is -0.568. The van der Waals surface area contributed by atoms with Gasteiger partial charge in [0.05, 0.1) is 51.0 Å². The molecule has 3 rings (SSSR count). The van der Waals surface area contributed by atoms with Gasteiger partial charge in [0, 0.05) is 37.2 Å². The number of hydrogen-bond acceptors (Lipinski definition) is 10. The van der Waals surface area contributed by atoms with Gasteiger partial charge < -0.3 is 51.5 Å². The number of allylic oxidation sites excluding steroid dienone is 1. The van der Waals surface area contributed by atoms with Crippen LogP contribution in [0.5, 0.6) is 0 Å². The number of nitrogens with one attached hydrogen (secondary N) is 3. The van der Waals surface area contributed by atoms with Gasteiger partial charge in [-0.25, -0.2) is 0 Å². The molecule has 0 aromatic heterocycles. The van der Waals surface area contributed by atoms with Gasteiger partial charge in [-0.05, 0) is 39.3 Å². The second kappa shape index (κ2) is 13.9. The van der Waals surface area contributed by atoms with Gasteiger partial charge in [-0.3, -0.25) is 0 Å². The van der Waals surface area contributed by atoms with Crippen LogP contribution in [0.1, 0.15) is 46.0 Å². The SMILES string of the molecule is [B]C(C)C(C)C(=C)NC1CC(N)C(OC2OC(CNC)CCC2N)CC1OC1CC(NC)C(O)CO1. The van der Waals surface area contributed by atoms with Crippen LogP contribution in [-0.2, 0) is 18.9 Å². The van der Waals surface area contributed by atoms with Crippen molar-refractivity contribution in [1.82, 2.24) is 16.0 Å². The standard InChI is InChI=1S/C25H48BN5O5/c1-13(14(2)26)15(3)31-20-8-18(28)22(36-25-17(27)7-6-16(34-25)11-29-4)10-23(20)35-24-9-19(30-5)21(32)12-33-24/h13-14,16-25,29-32H,3,6-12,27-28H2,1-2,4-5H3. The van der Waals surface area contributed by atoms with Crippen molar-refractivity contribution in [1.29, 1.82) is 0 Å². The summed E-state index contributed by atoms with van der Waals surface area (Å²) in [4.78, 5) is 0. The van der Waals surface area contributed by atoms with Crippen molar-refractivity contribution in [3.05, 3.63) is 12.3 Å². The number of likely N-dealkylation sites (N-methyl/N-ethyl adjacent to an activating group) is 2. The molecule has 0 spiro atoms. The number of ether oxygens (including phenoxy) is 4. The molecule has 11 heteroatoms. The molecule has 0 aromatic rings. The van der Waals surface area contributed by atoms with Crippen LogP contribution in [0, 0.1) is 5.92 Å². The van der Waals surface area contributed by atoms with Crippen molar-refractivity contribution in [2.24, 2.45) is 17.4 Å². The van der Waals surface area contributed by atoms with Gasteiger partial charge in [-0.1, -0.05) is 26.2 Å². The first kappa shape index (κ1) is 29.8. The summed E-state index contributed by atoms with van der Waals surface area (Å²) >= 11 is 0. The van der Waals surface area contributed by atoms with E-state index in [0.717, 1.165) is 25.1 Å². The van der Waals surface area contributed by atoms with E-state index in [1.54, 1.807) is 0 Å². The Labute approximate surface area is 218 Å². The molecule has 206 valence electrons. The first-order chi connectivity index (χ1) is 17.1. The fourth-order valence-electron chi connectivity index (χ4n) is 5.22. The molecule has 10 nitrogen and oxygen atoms in total. The van der Waals surface area contributed by atoms with Gasteiger partial charge in [0.1, 0.15) is 0 Å². The summed E-state index contributed by atoms with van der Waals surface area (Å²) in [5.41, 5.74) is 13.8. The molecular weight excluding hydrogens is 461 g/mol. The Morgan fingerprint density at radius 2 is 1.83 bits per heavy atom. The fourth-order valence-corrected chi connectivity index (χ4v) is 5.22. The summed E-state index contributed by atoms with van der Waals surface area (Å²) in [5, 5.41) is 20.0. The molecule has 1 saturated carbocycles. The number of aliphatic hydroxyl groups is 1. The first-order valence-corrected chi connectivity index (χ1v) is 13.4. The van der Waals surface area contributed by atoms with E-state index in [-0.39, 0.29) is 60.8 Å². The largest absolute Gasteiger partial charge is 0.389 e. The molecule has 0 amide bonds. The first-order valence-electron chi connectivity index (χ1n) is 13.4. The zero-order valence-electron chi connectivity index (χ0n) is 22.4. The average molecular weight is 510 g/mol. The van der Waals surface area contributed by atoms with Gasteiger partial charge in [-0.2, -0.15) is 0 Å². The Hall–Kier alpha value is -0.755. The smallest absolute Gasteiger partial charge is 0.173 e. The zero-order valence-corrected chi connectivity index (χ0v) is 22.4. The lowest BCUT2D eigenvalue weighted by molar-refractivity contribution is -0.252. The van der Waals surface area contributed by atoms with Crippen LogP contribution in [0.3, 0.4) is 0 Å². The monoisotopic (exact) mass is 509 g/mol. The highest BCUT2D eigenvalue weighted by Crippen LogP contribution is 2.31. The summed E-state index contributed by atoms with van der Waals surface area (Å²) in [7, 11) is 9.85. The predicted octanol–water partition coefficient (Wildman–Crippen LogP) is -0.290. The van der Waals surface area contributed by atoms with Crippen LogP contribution in [0.2, 0.25) is 5.82 Å². The molecule has 2 radical (unpaired) electrons. The van der Waals surface area contributed by atoms with Crippen molar-refractivity contribution >= 4 is 7.85 Å². The summed E-state index contributed by atoms with van der Waals surface area (Å²) in [6.45, 7) is 9.21. The summed E-state index contributed by atoms with van der Waals surface area (Å²) in [5.74, 6) is 0.0519. The van der Waals surface area contributed by atoms with Crippen LogP contribution in [0.25, 0.3) is 0 Å². The molecular formula is C25H48BN5O5. The second-order valence-corrected chi connectivity index (χ2v) is 10.8. The van der Waals surface area contributed by atoms with Crippen LogP contribution in [0.15, 0.2) is 12.3 Å². The normalized spacial score (nSPS) is 41.4. The molecule has 2 aliphatic heterocycles. The number of rotatable bonds is 11. The molecule has 2 heterocycles. The maximum absolute atomic E-state index is 10.2. The molecule has 36 heavy (non-hydrogen) atoms. The van der Waals surface area contributed by atoms with Gasteiger partial charge in [0.2, 0.25) is 0 Å².